The van der Waals surface area contributed by atoms with Gasteiger partial charge in [-0.25, -0.2) is 23.7 Å². The van der Waals surface area contributed by atoms with Gasteiger partial charge in [0.25, 0.3) is 0 Å². The summed E-state index contributed by atoms with van der Waals surface area (Å²) in [4.78, 5) is 18.3. The van der Waals surface area contributed by atoms with Gasteiger partial charge in [-0.05, 0) is 0 Å². The molecular formula is C4H8AlCl2N2O6Zr. The van der Waals surface area contributed by atoms with E-state index < -0.39 is 11.9 Å². The maximum atomic E-state index is 9.13. The predicted octanol–water partition coefficient (Wildman–Crippen LogP) is -5.99. The van der Waals surface area contributed by atoms with E-state index in [4.69, 9.17) is 29.1 Å². The van der Waals surface area contributed by atoms with Crippen molar-refractivity contribution in [2.75, 3.05) is 13.1 Å². The maximum absolute atomic E-state index is 9.13. The Hall–Kier alpha value is 0.776. The quantitative estimate of drug-likeness (QED) is 0.451. The van der Waals surface area contributed by atoms with Crippen molar-refractivity contribution in [1.29, 1.82) is 0 Å². The number of nitrogens with two attached hydrogens (primary N) is 2. The number of hydrogen-bond acceptors (Lipinski definition) is 8. The summed E-state index contributed by atoms with van der Waals surface area (Å²) in [5.74, 6) is -2.44. The Morgan fingerprint density at radius 2 is 0.938 bits per heavy atom. The van der Waals surface area contributed by atoms with Gasteiger partial charge >= 0.3 is 26.2 Å². The molecule has 0 unspecified atom stereocenters. The van der Waals surface area contributed by atoms with Crippen LogP contribution < -0.4 is 31.0 Å². The van der Waals surface area contributed by atoms with E-state index in [1.807, 2.05) is 0 Å². The predicted molar refractivity (Wildman–Crippen MR) is 45.6 cm³/mol. The van der Waals surface area contributed by atoms with Crippen LogP contribution in [0.3, 0.4) is 0 Å². The van der Waals surface area contributed by atoms with Gasteiger partial charge in [-0.15, -0.1) is 0 Å². The fourth-order valence-electron chi connectivity index (χ4n) is 0. The van der Waals surface area contributed by atoms with Gasteiger partial charge in [-0.2, -0.15) is 0 Å². The van der Waals surface area contributed by atoms with Crippen molar-refractivity contribution >= 4 is 53.0 Å². The third-order valence-corrected chi connectivity index (χ3v) is 0.333. The second-order valence-electron chi connectivity index (χ2n) is 1.15. The molecule has 3 radical (unpaired) electrons. The van der Waals surface area contributed by atoms with E-state index in [0.717, 1.165) is 0 Å². The van der Waals surface area contributed by atoms with Gasteiger partial charge in [0, 0.05) is 30.5 Å². The van der Waals surface area contributed by atoms with Crippen molar-refractivity contribution < 1.29 is 55.3 Å². The molecule has 0 rings (SSSR count). The average Bonchev–Trinajstić information content (AvgIpc) is 2.24. The average molecular weight is 369 g/mol. The molecule has 0 spiro atoms. The van der Waals surface area contributed by atoms with Crippen LogP contribution in [0.2, 0.25) is 0 Å². The normalized spacial score (nSPS) is 5.38. The van der Waals surface area contributed by atoms with Crippen LogP contribution in [0.4, 0.5) is 0 Å². The first-order chi connectivity index (χ1) is 6.54. The molecule has 0 amide bonds. The van der Waals surface area contributed by atoms with Crippen molar-refractivity contribution in [3.8, 4) is 0 Å². The summed E-state index contributed by atoms with van der Waals surface area (Å²) in [5.41, 5.74) is 9.02. The first kappa shape index (κ1) is 36.0. The fourth-order valence-corrected chi connectivity index (χ4v) is 0. The summed E-state index contributed by atoms with van der Waals surface area (Å²) in [6, 6.07) is 0. The number of rotatable bonds is 2. The minimum Gasteiger partial charge on any atom is -0.769 e. The van der Waals surface area contributed by atoms with E-state index in [9.17, 15) is 0 Å². The molecule has 0 aromatic rings. The monoisotopic (exact) mass is 367 g/mol. The van der Waals surface area contributed by atoms with Crippen molar-refractivity contribution in [3.05, 3.63) is 0 Å². The minimum atomic E-state index is -1.22. The smallest absolute Gasteiger partial charge is 0.769 e. The molecule has 0 atom stereocenters. The van der Waals surface area contributed by atoms with Crippen molar-refractivity contribution in [3.63, 3.8) is 0 Å². The molecule has 0 aliphatic heterocycles. The molecule has 0 aromatic carbocycles. The minimum absolute atomic E-state index is 0. The first-order valence-electron chi connectivity index (χ1n) is 2.65. The third-order valence-electron chi connectivity index (χ3n) is 0.333. The summed E-state index contributed by atoms with van der Waals surface area (Å²) >= 11 is 6.78. The number of carbonyl (C=O) groups excluding carboxylic acids is 2. The van der Waals surface area contributed by atoms with E-state index >= 15 is 0 Å². The Morgan fingerprint density at radius 3 is 0.938 bits per heavy atom. The summed E-state index contributed by atoms with van der Waals surface area (Å²) in [6.45, 7) is -0.778. The zero-order valence-corrected chi connectivity index (χ0v) is 13.0. The van der Waals surface area contributed by atoms with Gasteiger partial charge in [0.1, 0.15) is 0 Å². The van der Waals surface area contributed by atoms with Crippen molar-refractivity contribution in [2.24, 2.45) is 11.5 Å². The fraction of sp³-hybridized carbons (Fsp3) is 0.500. The Kier molecular flexibility index (Phi) is 101. The molecule has 4 N–H and O–H groups in total. The van der Waals surface area contributed by atoms with Gasteiger partial charge in [-0.3, -0.25) is 0 Å². The molecule has 0 saturated carbocycles. The molecule has 0 saturated heterocycles. The Morgan fingerprint density at radius 1 is 0.875 bits per heavy atom. The number of aliphatic carboxylic acids is 2. The van der Waals surface area contributed by atoms with E-state index in [-0.39, 0.29) is 56.7 Å². The van der Waals surface area contributed by atoms with Crippen LogP contribution in [0.25, 0.3) is 0 Å². The number of carboxylic acid groups (broad SMARTS) is 2. The first-order valence-corrected chi connectivity index (χ1v) is 3.27. The van der Waals surface area contributed by atoms with Crippen LogP contribution in [0.1, 0.15) is 0 Å². The van der Waals surface area contributed by atoms with E-state index in [2.05, 4.69) is 35.2 Å². The Labute approximate surface area is 132 Å². The van der Waals surface area contributed by atoms with Crippen molar-refractivity contribution in [1.82, 2.24) is 0 Å². The molecule has 0 heterocycles. The van der Waals surface area contributed by atoms with Crippen LogP contribution in [0.5, 0.6) is 0 Å². The van der Waals surface area contributed by atoms with Crippen LogP contribution in [-0.4, -0.2) is 42.4 Å². The molecule has 12 heteroatoms. The summed E-state index contributed by atoms with van der Waals surface area (Å²) in [6.07, 6.45) is 0. The van der Waals surface area contributed by atoms with E-state index in [1.54, 1.807) is 0 Å². The SMILES string of the molecule is NCC(=O)[O-].NCC(=O)[O-].[Al].[O-]Cl.[O-]Cl.[Zr+4]. The van der Waals surface area contributed by atoms with E-state index in [0.29, 0.717) is 0 Å². The zero-order valence-electron chi connectivity index (χ0n) is 7.85. The van der Waals surface area contributed by atoms with Gasteiger partial charge in [0.2, 0.25) is 0 Å². The second-order valence-corrected chi connectivity index (χ2v) is 1.15. The van der Waals surface area contributed by atoms with E-state index in [1.165, 1.54) is 0 Å². The molecule has 16 heavy (non-hydrogen) atoms. The molecule has 8 nitrogen and oxygen atoms in total. The number of hydrogen-bond donors (Lipinski definition) is 2. The maximum Gasteiger partial charge on any atom is 4.00 e. The molecule has 0 aliphatic rings. The summed E-state index contributed by atoms with van der Waals surface area (Å²) in [5, 5.41) is 18.3. The summed E-state index contributed by atoms with van der Waals surface area (Å²) < 4.78 is 15.4. The van der Waals surface area contributed by atoms with Gasteiger partial charge < -0.3 is 40.6 Å². The number of carboxylic acids is 2. The molecule has 0 aromatic heterocycles. The Bertz CT molecular complexity index is 121. The molecule has 0 aliphatic carbocycles. The molecular weight excluding hydrogens is 361 g/mol. The topological polar surface area (TPSA) is 178 Å². The van der Waals surface area contributed by atoms with Crippen LogP contribution >= 0.6 is 23.7 Å². The van der Waals surface area contributed by atoms with Gasteiger partial charge in [-0.1, -0.05) is 0 Å². The molecule has 91 valence electrons. The Balaban J connectivity index is -0.0000000218. The molecule has 0 bridgehead atoms. The van der Waals surface area contributed by atoms with Crippen LogP contribution in [0.15, 0.2) is 0 Å². The zero-order chi connectivity index (χ0) is 12.6. The third kappa shape index (κ3) is 123. The second kappa shape index (κ2) is 44.7. The number of halogens is 2. The molecule has 0 fully saturated rings. The van der Waals surface area contributed by atoms with Crippen molar-refractivity contribution in [2.45, 2.75) is 0 Å². The van der Waals surface area contributed by atoms with Gasteiger partial charge in [0.15, 0.2) is 0 Å². The standard InChI is InChI=1S/2C2H5NO2.Al.2ClO.Zr/c2*3-1-2(4)5;;2*1-2;/h2*1,3H2,(H,4,5);;;;/q;;;2*-1;+4/p-2. The van der Waals surface area contributed by atoms with Crippen LogP contribution in [-0.2, 0) is 35.8 Å². The summed E-state index contributed by atoms with van der Waals surface area (Å²) in [7, 11) is 0. The van der Waals surface area contributed by atoms with Gasteiger partial charge in [0.05, 0.1) is 11.9 Å². The number of carbonyl (C=O) groups is 2. The largest absolute Gasteiger partial charge is 4.00 e. The van der Waals surface area contributed by atoms with Crippen LogP contribution in [0, 0.1) is 0 Å².